The molecule has 74 valence electrons. The second kappa shape index (κ2) is 4.42. The molecule has 0 amide bonds. The van der Waals surface area contributed by atoms with E-state index in [0.29, 0.717) is 0 Å². The number of hydrogen-bond donors (Lipinski definition) is 1. The molecule has 2 aromatic rings. The highest BCUT2D eigenvalue weighted by Crippen LogP contribution is 2.30. The minimum absolute atomic E-state index is 0.913. The van der Waals surface area contributed by atoms with E-state index in [2.05, 4.69) is 43.7 Å². The summed E-state index contributed by atoms with van der Waals surface area (Å²) in [6.07, 6.45) is 0.913. The van der Waals surface area contributed by atoms with Crippen LogP contribution in [-0.4, -0.2) is 12.0 Å². The predicted octanol–water partition coefficient (Wildman–Crippen LogP) is 3.60. The molecule has 0 saturated heterocycles. The van der Waals surface area contributed by atoms with E-state index in [-0.39, 0.29) is 0 Å². The molecule has 0 aliphatic rings. The molecule has 2 rings (SSSR count). The number of hydrogen-bond acceptors (Lipinski definition) is 4. The third-order valence-corrected chi connectivity index (χ3v) is 4.51. The zero-order valence-corrected chi connectivity index (χ0v) is 10.8. The Bertz CT molecular complexity index is 408. The van der Waals surface area contributed by atoms with Crippen LogP contribution in [0.15, 0.2) is 21.3 Å². The minimum Gasteiger partial charge on any atom is -0.365 e. The van der Waals surface area contributed by atoms with Gasteiger partial charge in [-0.25, -0.2) is 4.98 Å². The minimum atomic E-state index is 0.913. The third kappa shape index (κ3) is 2.16. The van der Waals surface area contributed by atoms with Gasteiger partial charge in [0.05, 0.1) is 9.48 Å². The number of nitrogens with one attached hydrogen (secondary N) is 1. The lowest BCUT2D eigenvalue weighted by atomic mass is 10.3. The molecular formula is C9H9BrN2S2. The molecule has 2 heterocycles. The summed E-state index contributed by atoms with van der Waals surface area (Å²) in [5.41, 5.74) is 1.11. The van der Waals surface area contributed by atoms with Crippen molar-refractivity contribution in [3.8, 4) is 0 Å². The van der Waals surface area contributed by atoms with Gasteiger partial charge in [0, 0.05) is 18.3 Å². The van der Waals surface area contributed by atoms with Crippen LogP contribution in [0, 0.1) is 0 Å². The van der Waals surface area contributed by atoms with Gasteiger partial charge in [-0.1, -0.05) is 17.4 Å². The molecule has 0 bridgehead atoms. The molecule has 0 atom stereocenters. The summed E-state index contributed by atoms with van der Waals surface area (Å²) in [6.45, 7) is 0. The van der Waals surface area contributed by atoms with Crippen molar-refractivity contribution in [1.82, 2.24) is 4.98 Å². The van der Waals surface area contributed by atoms with Gasteiger partial charge in [-0.05, 0) is 27.4 Å². The Morgan fingerprint density at radius 2 is 2.43 bits per heavy atom. The maximum atomic E-state index is 4.47. The Hall–Kier alpha value is -0.390. The first-order valence-corrected chi connectivity index (χ1v) is 6.64. The molecule has 0 fully saturated rings. The van der Waals surface area contributed by atoms with Gasteiger partial charge in [0.2, 0.25) is 0 Å². The van der Waals surface area contributed by atoms with Gasteiger partial charge in [0.15, 0.2) is 5.13 Å². The monoisotopic (exact) mass is 288 g/mol. The first-order valence-electron chi connectivity index (χ1n) is 4.15. The number of thiazole rings is 1. The number of rotatable bonds is 3. The van der Waals surface area contributed by atoms with Gasteiger partial charge in [-0.2, -0.15) is 0 Å². The lowest BCUT2D eigenvalue weighted by molar-refractivity contribution is 1.12. The Morgan fingerprint density at radius 3 is 3.00 bits per heavy atom. The van der Waals surface area contributed by atoms with Crippen LogP contribution < -0.4 is 5.32 Å². The van der Waals surface area contributed by atoms with E-state index in [1.165, 1.54) is 4.88 Å². The zero-order chi connectivity index (χ0) is 9.97. The Labute approximate surface area is 99.1 Å². The number of aromatic nitrogens is 1. The summed E-state index contributed by atoms with van der Waals surface area (Å²) in [6, 6.07) is 4.20. The molecule has 0 aliphatic heterocycles. The highest BCUT2D eigenvalue weighted by atomic mass is 79.9. The summed E-state index contributed by atoms with van der Waals surface area (Å²) < 4.78 is 1.12. The zero-order valence-electron chi connectivity index (χ0n) is 7.58. The topological polar surface area (TPSA) is 24.9 Å². The summed E-state index contributed by atoms with van der Waals surface area (Å²) >= 11 is 6.93. The number of halogens is 1. The van der Waals surface area contributed by atoms with E-state index in [4.69, 9.17) is 0 Å². The second-order valence-corrected chi connectivity index (χ2v) is 6.09. The van der Waals surface area contributed by atoms with Crippen molar-refractivity contribution in [3.05, 3.63) is 31.9 Å². The molecule has 0 unspecified atom stereocenters. The first kappa shape index (κ1) is 10.1. The molecular weight excluding hydrogens is 280 g/mol. The van der Waals surface area contributed by atoms with Gasteiger partial charge in [-0.15, -0.1) is 11.3 Å². The van der Waals surface area contributed by atoms with Crippen LogP contribution in [0.3, 0.4) is 0 Å². The molecule has 5 heteroatoms. The molecule has 2 nitrogen and oxygen atoms in total. The van der Waals surface area contributed by atoms with Crippen molar-refractivity contribution >= 4 is 43.7 Å². The lowest BCUT2D eigenvalue weighted by Crippen LogP contribution is -1.89. The highest BCUT2D eigenvalue weighted by molar-refractivity contribution is 9.11. The van der Waals surface area contributed by atoms with E-state index >= 15 is 0 Å². The summed E-state index contributed by atoms with van der Waals surface area (Å²) in [5, 5.41) is 6.10. The maximum absolute atomic E-state index is 4.47. The fourth-order valence-corrected chi connectivity index (χ4v) is 3.19. The van der Waals surface area contributed by atoms with Crippen LogP contribution >= 0.6 is 38.6 Å². The molecule has 0 aliphatic carbocycles. The molecule has 0 saturated carbocycles. The Morgan fingerprint density at radius 1 is 1.57 bits per heavy atom. The molecule has 2 aromatic heterocycles. The van der Waals surface area contributed by atoms with E-state index < -0.39 is 0 Å². The molecule has 0 radical (unpaired) electrons. The normalized spacial score (nSPS) is 10.4. The van der Waals surface area contributed by atoms with Crippen LogP contribution in [0.25, 0.3) is 0 Å². The van der Waals surface area contributed by atoms with Crippen molar-refractivity contribution in [2.24, 2.45) is 0 Å². The fraction of sp³-hybridized carbons (Fsp3) is 0.222. The van der Waals surface area contributed by atoms with Crippen LogP contribution in [0.1, 0.15) is 10.6 Å². The van der Waals surface area contributed by atoms with E-state index in [9.17, 15) is 0 Å². The van der Waals surface area contributed by atoms with E-state index in [1.54, 1.807) is 22.7 Å². The van der Waals surface area contributed by atoms with E-state index in [0.717, 1.165) is 21.0 Å². The van der Waals surface area contributed by atoms with Gasteiger partial charge in [0.25, 0.3) is 0 Å². The molecule has 0 spiro atoms. The average Bonchev–Trinajstić information content (AvgIpc) is 2.78. The highest BCUT2D eigenvalue weighted by Gasteiger charge is 2.08. The number of anilines is 1. The second-order valence-electron chi connectivity index (χ2n) is 2.75. The average molecular weight is 289 g/mol. The smallest absolute Gasteiger partial charge is 0.183 e. The first-order chi connectivity index (χ1) is 6.79. The van der Waals surface area contributed by atoms with Crippen molar-refractivity contribution in [2.75, 3.05) is 12.4 Å². The Kier molecular flexibility index (Phi) is 3.20. The van der Waals surface area contributed by atoms with Crippen molar-refractivity contribution < 1.29 is 0 Å². The van der Waals surface area contributed by atoms with Crippen LogP contribution in [-0.2, 0) is 6.42 Å². The Balaban J connectivity index is 2.20. The van der Waals surface area contributed by atoms with Gasteiger partial charge in [0.1, 0.15) is 0 Å². The van der Waals surface area contributed by atoms with Crippen molar-refractivity contribution in [2.45, 2.75) is 6.42 Å². The molecule has 0 aromatic carbocycles. The fourth-order valence-electron chi connectivity index (χ4n) is 1.13. The lowest BCUT2D eigenvalue weighted by Gasteiger charge is -1.93. The maximum Gasteiger partial charge on any atom is 0.183 e. The summed E-state index contributed by atoms with van der Waals surface area (Å²) in [5.74, 6) is 0. The van der Waals surface area contributed by atoms with Crippen LogP contribution in [0.2, 0.25) is 0 Å². The van der Waals surface area contributed by atoms with Crippen LogP contribution in [0.5, 0.6) is 0 Å². The van der Waals surface area contributed by atoms with Crippen molar-refractivity contribution in [3.63, 3.8) is 0 Å². The van der Waals surface area contributed by atoms with Crippen LogP contribution in [0.4, 0.5) is 5.13 Å². The van der Waals surface area contributed by atoms with Gasteiger partial charge in [-0.3, -0.25) is 0 Å². The largest absolute Gasteiger partial charge is 0.365 e. The van der Waals surface area contributed by atoms with Crippen molar-refractivity contribution in [1.29, 1.82) is 0 Å². The third-order valence-electron chi connectivity index (χ3n) is 1.79. The molecule has 1 N–H and O–H groups in total. The van der Waals surface area contributed by atoms with E-state index in [1.807, 2.05) is 7.05 Å². The quantitative estimate of drug-likeness (QED) is 0.934. The number of nitrogens with zero attached hydrogens (tertiary/aromatic N) is 1. The molecule has 14 heavy (non-hydrogen) atoms. The summed E-state index contributed by atoms with van der Waals surface area (Å²) in [7, 11) is 1.89. The number of thiophene rings is 1. The van der Waals surface area contributed by atoms with Gasteiger partial charge >= 0.3 is 0 Å². The summed E-state index contributed by atoms with van der Waals surface area (Å²) in [4.78, 5) is 5.82. The predicted molar refractivity (Wildman–Crippen MR) is 66.5 cm³/mol. The standard InChI is InChI=1S/C9H9BrN2S2/c1-11-9-12-7(8(10)14-9)5-6-3-2-4-13-6/h2-4H,5H2,1H3,(H,11,12). The van der Waals surface area contributed by atoms with Gasteiger partial charge < -0.3 is 5.32 Å². The SMILES string of the molecule is CNc1nc(Cc2cccs2)c(Br)s1.